The van der Waals surface area contributed by atoms with Crippen molar-refractivity contribution in [3.8, 4) is 5.75 Å². The van der Waals surface area contributed by atoms with Crippen LogP contribution >= 0.6 is 0 Å². The third-order valence-electron chi connectivity index (χ3n) is 6.12. The molecule has 0 saturated carbocycles. The van der Waals surface area contributed by atoms with Crippen molar-refractivity contribution in [3.05, 3.63) is 101 Å². The van der Waals surface area contributed by atoms with E-state index in [4.69, 9.17) is 4.74 Å². The molecule has 0 bridgehead atoms. The first-order valence-electron chi connectivity index (χ1n) is 12.8. The number of nitrogens with zero attached hydrogens (tertiary/aromatic N) is 1. The van der Waals surface area contributed by atoms with Crippen LogP contribution in [-0.2, 0) is 22.6 Å². The minimum absolute atomic E-state index is 0.0457. The molecule has 2 amide bonds. The van der Waals surface area contributed by atoms with Gasteiger partial charge < -0.3 is 15.0 Å². The molecule has 0 fully saturated rings. The molecule has 3 rings (SSSR count). The molecule has 3 aromatic carbocycles. The zero-order chi connectivity index (χ0) is 25.8. The number of amides is 2. The molecule has 0 spiro atoms. The molecule has 1 N–H and O–H groups in total. The van der Waals surface area contributed by atoms with E-state index in [9.17, 15) is 9.59 Å². The van der Waals surface area contributed by atoms with E-state index < -0.39 is 6.04 Å². The van der Waals surface area contributed by atoms with Crippen LogP contribution in [-0.4, -0.2) is 35.9 Å². The second-order valence-electron chi connectivity index (χ2n) is 9.27. The minimum Gasteiger partial charge on any atom is -0.494 e. The van der Waals surface area contributed by atoms with Crippen LogP contribution in [0.2, 0.25) is 0 Å². The molecule has 0 aromatic heterocycles. The lowest BCUT2D eigenvalue weighted by Gasteiger charge is -2.31. The second-order valence-corrected chi connectivity index (χ2v) is 9.27. The predicted octanol–water partition coefficient (Wildman–Crippen LogP) is 5.63. The summed E-state index contributed by atoms with van der Waals surface area (Å²) in [5.74, 6) is 0.637. The molecule has 0 saturated heterocycles. The molecule has 3 aromatic rings. The molecule has 5 heteroatoms. The van der Waals surface area contributed by atoms with Crippen molar-refractivity contribution in [1.82, 2.24) is 10.2 Å². The Balaban J connectivity index is 1.76. The summed E-state index contributed by atoms with van der Waals surface area (Å²) >= 11 is 0. The molecular formula is C31H38N2O3. The SMILES string of the molecule is CCCNC(=O)C(Cc1ccccc1)N(Cc1ccc(C)cc1)C(=O)CCCOc1ccc(C)cc1. The fourth-order valence-electron chi connectivity index (χ4n) is 4.00. The van der Waals surface area contributed by atoms with Crippen LogP contribution in [0.1, 0.15) is 48.4 Å². The quantitative estimate of drug-likeness (QED) is 0.319. The number of ether oxygens (including phenoxy) is 1. The monoisotopic (exact) mass is 486 g/mol. The van der Waals surface area contributed by atoms with E-state index in [0.717, 1.165) is 28.9 Å². The van der Waals surface area contributed by atoms with Gasteiger partial charge in [0.05, 0.1) is 6.61 Å². The van der Waals surface area contributed by atoms with Crippen molar-refractivity contribution in [2.24, 2.45) is 0 Å². The van der Waals surface area contributed by atoms with Gasteiger partial charge in [-0.05, 0) is 49.9 Å². The maximum Gasteiger partial charge on any atom is 0.243 e. The lowest BCUT2D eigenvalue weighted by Crippen LogP contribution is -2.50. The lowest BCUT2D eigenvalue weighted by molar-refractivity contribution is -0.141. The van der Waals surface area contributed by atoms with Gasteiger partial charge in [0, 0.05) is 25.9 Å². The summed E-state index contributed by atoms with van der Waals surface area (Å²) in [7, 11) is 0. The Bertz CT molecular complexity index is 1080. The highest BCUT2D eigenvalue weighted by Gasteiger charge is 2.30. The van der Waals surface area contributed by atoms with Gasteiger partial charge in [-0.3, -0.25) is 9.59 Å². The molecule has 1 atom stereocenters. The Hall–Kier alpha value is -3.60. The largest absolute Gasteiger partial charge is 0.494 e. The average Bonchev–Trinajstić information content (AvgIpc) is 2.89. The van der Waals surface area contributed by atoms with Gasteiger partial charge in [-0.2, -0.15) is 0 Å². The number of rotatable bonds is 13. The number of hydrogen-bond donors (Lipinski definition) is 1. The van der Waals surface area contributed by atoms with Crippen LogP contribution in [0, 0.1) is 13.8 Å². The zero-order valence-corrected chi connectivity index (χ0v) is 21.7. The standard InChI is InChI=1S/C31H38N2O3/c1-4-20-32-31(35)29(22-26-9-6-5-7-10-26)33(23-27-16-12-24(2)13-17-27)30(34)11-8-21-36-28-18-14-25(3)15-19-28/h5-7,9-10,12-19,29H,4,8,11,20-23H2,1-3H3,(H,32,35). The first-order chi connectivity index (χ1) is 17.5. The summed E-state index contributed by atoms with van der Waals surface area (Å²) in [4.78, 5) is 28.6. The number of nitrogens with one attached hydrogen (secondary N) is 1. The van der Waals surface area contributed by atoms with Crippen molar-refractivity contribution < 1.29 is 14.3 Å². The fraction of sp³-hybridized carbons (Fsp3) is 0.355. The Morgan fingerprint density at radius 2 is 1.50 bits per heavy atom. The van der Waals surface area contributed by atoms with Crippen molar-refractivity contribution in [1.29, 1.82) is 0 Å². The van der Waals surface area contributed by atoms with Gasteiger partial charge in [0.1, 0.15) is 11.8 Å². The maximum atomic E-state index is 13.6. The van der Waals surface area contributed by atoms with Crippen LogP contribution in [0.5, 0.6) is 5.75 Å². The van der Waals surface area contributed by atoms with Gasteiger partial charge in [0.2, 0.25) is 11.8 Å². The van der Waals surface area contributed by atoms with E-state index in [1.165, 1.54) is 5.56 Å². The number of aryl methyl sites for hydroxylation is 2. The number of carbonyl (C=O) groups excluding carboxylic acids is 2. The molecule has 36 heavy (non-hydrogen) atoms. The topological polar surface area (TPSA) is 58.6 Å². The van der Waals surface area contributed by atoms with E-state index >= 15 is 0 Å². The highest BCUT2D eigenvalue weighted by Crippen LogP contribution is 2.18. The summed E-state index contributed by atoms with van der Waals surface area (Å²) < 4.78 is 5.83. The lowest BCUT2D eigenvalue weighted by atomic mass is 10.0. The van der Waals surface area contributed by atoms with E-state index in [1.807, 2.05) is 99.6 Å². The molecule has 0 heterocycles. The molecule has 0 radical (unpaired) electrons. The Morgan fingerprint density at radius 1 is 0.861 bits per heavy atom. The molecular weight excluding hydrogens is 448 g/mol. The van der Waals surface area contributed by atoms with Crippen LogP contribution < -0.4 is 10.1 Å². The summed E-state index contributed by atoms with van der Waals surface area (Å²) in [6, 6.07) is 25.3. The zero-order valence-electron chi connectivity index (χ0n) is 21.7. The van der Waals surface area contributed by atoms with Crippen molar-refractivity contribution in [2.75, 3.05) is 13.2 Å². The first kappa shape index (κ1) is 27.0. The molecule has 0 aliphatic rings. The number of benzene rings is 3. The Kier molecular flexibility index (Phi) is 10.6. The molecule has 190 valence electrons. The van der Waals surface area contributed by atoms with E-state index in [-0.39, 0.29) is 11.8 Å². The minimum atomic E-state index is -0.592. The Morgan fingerprint density at radius 3 is 2.14 bits per heavy atom. The summed E-state index contributed by atoms with van der Waals surface area (Å²) in [5, 5.41) is 3.02. The second kappa shape index (κ2) is 14.1. The molecule has 0 aliphatic heterocycles. The van der Waals surface area contributed by atoms with Crippen molar-refractivity contribution in [3.63, 3.8) is 0 Å². The third kappa shape index (κ3) is 8.56. The van der Waals surface area contributed by atoms with Gasteiger partial charge in [-0.25, -0.2) is 0 Å². The van der Waals surface area contributed by atoms with Crippen LogP contribution in [0.25, 0.3) is 0 Å². The van der Waals surface area contributed by atoms with Crippen LogP contribution in [0.3, 0.4) is 0 Å². The fourth-order valence-corrected chi connectivity index (χ4v) is 4.00. The molecule has 5 nitrogen and oxygen atoms in total. The van der Waals surface area contributed by atoms with Gasteiger partial charge in [0.15, 0.2) is 0 Å². The first-order valence-corrected chi connectivity index (χ1v) is 12.8. The van der Waals surface area contributed by atoms with E-state index in [1.54, 1.807) is 4.90 Å². The van der Waals surface area contributed by atoms with E-state index in [0.29, 0.717) is 39.0 Å². The van der Waals surface area contributed by atoms with Gasteiger partial charge in [-0.1, -0.05) is 84.8 Å². The molecule has 0 aliphatic carbocycles. The Labute approximate surface area is 215 Å². The van der Waals surface area contributed by atoms with Crippen molar-refractivity contribution in [2.45, 2.75) is 59.0 Å². The van der Waals surface area contributed by atoms with E-state index in [2.05, 4.69) is 5.32 Å². The van der Waals surface area contributed by atoms with Gasteiger partial charge in [-0.15, -0.1) is 0 Å². The third-order valence-corrected chi connectivity index (χ3v) is 6.12. The highest BCUT2D eigenvalue weighted by atomic mass is 16.5. The summed E-state index contributed by atoms with van der Waals surface area (Å²) in [6.07, 6.45) is 2.19. The predicted molar refractivity (Wildman–Crippen MR) is 145 cm³/mol. The highest BCUT2D eigenvalue weighted by molar-refractivity contribution is 5.88. The van der Waals surface area contributed by atoms with Crippen LogP contribution in [0.15, 0.2) is 78.9 Å². The summed E-state index contributed by atoms with van der Waals surface area (Å²) in [5.41, 5.74) is 4.37. The van der Waals surface area contributed by atoms with Crippen molar-refractivity contribution >= 4 is 11.8 Å². The number of hydrogen-bond acceptors (Lipinski definition) is 3. The van der Waals surface area contributed by atoms with Gasteiger partial charge >= 0.3 is 0 Å². The maximum absolute atomic E-state index is 13.6. The molecule has 1 unspecified atom stereocenters. The summed E-state index contributed by atoms with van der Waals surface area (Å²) in [6.45, 7) is 7.51. The normalized spacial score (nSPS) is 11.5. The number of carbonyl (C=O) groups is 2. The smallest absolute Gasteiger partial charge is 0.243 e. The van der Waals surface area contributed by atoms with Crippen LogP contribution in [0.4, 0.5) is 0 Å². The van der Waals surface area contributed by atoms with Gasteiger partial charge in [0.25, 0.3) is 0 Å². The average molecular weight is 487 g/mol.